The molecular weight excluding hydrogens is 188 g/mol. The molecule has 0 unspecified atom stereocenters. The lowest BCUT2D eigenvalue weighted by Gasteiger charge is -2.38. The maximum atomic E-state index is 11.8. The van der Waals surface area contributed by atoms with Crippen LogP contribution in [0.2, 0.25) is 0 Å². The first-order chi connectivity index (χ1) is 6.49. The van der Waals surface area contributed by atoms with Gasteiger partial charge in [-0.25, -0.2) is 4.79 Å². The number of hydrogen-bond donors (Lipinski definition) is 0. The largest absolute Gasteiger partial charge is 0.456 e. The lowest BCUT2D eigenvalue weighted by Crippen LogP contribution is -2.41. The van der Waals surface area contributed by atoms with Crippen molar-refractivity contribution in [2.75, 3.05) is 0 Å². The Labute approximate surface area is 93.7 Å². The minimum absolute atomic E-state index is 0.0649. The van der Waals surface area contributed by atoms with E-state index >= 15 is 0 Å². The number of allylic oxidation sites excluding steroid dienone is 1. The SMILES string of the molecule is CC(C)=C(C)C(=O)OC(C)(C)C(C)(C)C. The highest BCUT2D eigenvalue weighted by Gasteiger charge is 2.36. The zero-order chi connectivity index (χ0) is 12.4. The molecule has 0 aromatic rings. The molecule has 0 radical (unpaired) electrons. The third-order valence-corrected chi connectivity index (χ3v) is 3.21. The fourth-order valence-corrected chi connectivity index (χ4v) is 0.666. The molecule has 0 aliphatic rings. The van der Waals surface area contributed by atoms with E-state index in [1.807, 2.05) is 27.7 Å². The van der Waals surface area contributed by atoms with Gasteiger partial charge in [0, 0.05) is 11.0 Å². The van der Waals surface area contributed by atoms with E-state index in [1.165, 1.54) is 0 Å². The molecule has 0 fully saturated rings. The highest BCUT2D eigenvalue weighted by Crippen LogP contribution is 2.33. The van der Waals surface area contributed by atoms with Gasteiger partial charge in [-0.1, -0.05) is 26.3 Å². The zero-order valence-corrected chi connectivity index (χ0v) is 11.3. The normalized spacial score (nSPS) is 12.3. The van der Waals surface area contributed by atoms with Gasteiger partial charge in [0.05, 0.1) is 0 Å². The van der Waals surface area contributed by atoms with Gasteiger partial charge in [-0.05, 0) is 34.6 Å². The maximum absolute atomic E-state index is 11.8. The Morgan fingerprint density at radius 2 is 1.33 bits per heavy atom. The summed E-state index contributed by atoms with van der Waals surface area (Å²) in [6.45, 7) is 15.7. The molecule has 0 aliphatic heterocycles. The van der Waals surface area contributed by atoms with Gasteiger partial charge in [0.25, 0.3) is 0 Å². The fourth-order valence-electron chi connectivity index (χ4n) is 0.666. The summed E-state index contributed by atoms with van der Waals surface area (Å²) in [5.74, 6) is -0.213. The molecule has 2 nitrogen and oxygen atoms in total. The van der Waals surface area contributed by atoms with Crippen LogP contribution in [0.25, 0.3) is 0 Å². The molecule has 0 N–H and O–H groups in total. The average Bonchev–Trinajstić information content (AvgIpc) is 1.99. The van der Waals surface area contributed by atoms with Crippen molar-refractivity contribution < 1.29 is 9.53 Å². The Bertz CT molecular complexity index is 273. The Kier molecular flexibility index (Phi) is 4.15. The van der Waals surface area contributed by atoms with Crippen LogP contribution in [0.1, 0.15) is 55.4 Å². The van der Waals surface area contributed by atoms with Crippen molar-refractivity contribution >= 4 is 5.97 Å². The first-order valence-corrected chi connectivity index (χ1v) is 5.36. The predicted molar refractivity (Wildman–Crippen MR) is 63.7 cm³/mol. The first-order valence-electron chi connectivity index (χ1n) is 5.36. The van der Waals surface area contributed by atoms with Crippen LogP contribution in [0.5, 0.6) is 0 Å². The van der Waals surface area contributed by atoms with E-state index in [9.17, 15) is 4.79 Å². The van der Waals surface area contributed by atoms with Crippen LogP contribution in [0.15, 0.2) is 11.1 Å². The van der Waals surface area contributed by atoms with Crippen LogP contribution in [0.3, 0.4) is 0 Å². The van der Waals surface area contributed by atoms with Crippen molar-refractivity contribution in [3.8, 4) is 0 Å². The van der Waals surface area contributed by atoms with Crippen LogP contribution < -0.4 is 0 Å². The van der Waals surface area contributed by atoms with Crippen LogP contribution in [-0.2, 0) is 9.53 Å². The summed E-state index contributed by atoms with van der Waals surface area (Å²) in [5.41, 5.74) is 1.18. The van der Waals surface area contributed by atoms with E-state index in [-0.39, 0.29) is 11.4 Å². The van der Waals surface area contributed by atoms with E-state index in [4.69, 9.17) is 4.74 Å². The average molecular weight is 212 g/mol. The monoisotopic (exact) mass is 212 g/mol. The van der Waals surface area contributed by atoms with E-state index < -0.39 is 5.60 Å². The van der Waals surface area contributed by atoms with Gasteiger partial charge in [0.15, 0.2) is 0 Å². The topological polar surface area (TPSA) is 26.3 Å². The van der Waals surface area contributed by atoms with Crippen molar-refractivity contribution in [3.05, 3.63) is 11.1 Å². The molecule has 0 rings (SSSR count). The van der Waals surface area contributed by atoms with Crippen molar-refractivity contribution in [1.82, 2.24) is 0 Å². The molecule has 0 saturated carbocycles. The first kappa shape index (κ1) is 14.2. The van der Waals surface area contributed by atoms with Gasteiger partial charge in [0.1, 0.15) is 5.60 Å². The third kappa shape index (κ3) is 3.69. The van der Waals surface area contributed by atoms with Gasteiger partial charge in [-0.15, -0.1) is 0 Å². The molecule has 0 aliphatic carbocycles. The van der Waals surface area contributed by atoms with Crippen LogP contribution in [0.4, 0.5) is 0 Å². The van der Waals surface area contributed by atoms with Crippen LogP contribution >= 0.6 is 0 Å². The van der Waals surface area contributed by atoms with Crippen LogP contribution in [0, 0.1) is 5.41 Å². The number of esters is 1. The molecule has 0 saturated heterocycles. The molecule has 0 spiro atoms. The zero-order valence-electron chi connectivity index (χ0n) is 11.3. The second-order valence-electron chi connectivity index (χ2n) is 5.77. The minimum atomic E-state index is -0.458. The quantitative estimate of drug-likeness (QED) is 0.515. The number of ether oxygens (including phenoxy) is 1. The van der Waals surface area contributed by atoms with Crippen molar-refractivity contribution in [1.29, 1.82) is 0 Å². The molecule has 0 heterocycles. The molecule has 0 atom stereocenters. The molecule has 0 amide bonds. The highest BCUT2D eigenvalue weighted by atomic mass is 16.6. The Hall–Kier alpha value is -0.790. The van der Waals surface area contributed by atoms with Crippen LogP contribution in [-0.4, -0.2) is 11.6 Å². The fraction of sp³-hybridized carbons (Fsp3) is 0.769. The lowest BCUT2D eigenvalue weighted by atomic mass is 9.79. The lowest BCUT2D eigenvalue weighted by molar-refractivity contribution is -0.162. The van der Waals surface area contributed by atoms with Crippen molar-refractivity contribution in [2.45, 2.75) is 61.0 Å². The predicted octanol–water partition coefficient (Wildman–Crippen LogP) is 3.71. The molecule has 0 aromatic carbocycles. The summed E-state index contributed by atoms with van der Waals surface area (Å²) < 4.78 is 5.53. The number of carbonyl (C=O) groups is 1. The maximum Gasteiger partial charge on any atom is 0.334 e. The van der Waals surface area contributed by atoms with E-state index in [1.54, 1.807) is 6.92 Å². The number of rotatable bonds is 2. The van der Waals surface area contributed by atoms with Crippen molar-refractivity contribution in [2.24, 2.45) is 5.41 Å². The summed E-state index contributed by atoms with van der Waals surface area (Å²) in [6.07, 6.45) is 0. The van der Waals surface area contributed by atoms with Gasteiger partial charge in [0.2, 0.25) is 0 Å². The van der Waals surface area contributed by atoms with Gasteiger partial charge in [-0.2, -0.15) is 0 Å². The van der Waals surface area contributed by atoms with E-state index in [0.29, 0.717) is 5.57 Å². The molecule has 0 aromatic heterocycles. The van der Waals surface area contributed by atoms with Gasteiger partial charge in [-0.3, -0.25) is 0 Å². The Morgan fingerprint density at radius 1 is 0.933 bits per heavy atom. The summed E-state index contributed by atoms with van der Waals surface area (Å²) in [7, 11) is 0. The van der Waals surface area contributed by atoms with E-state index in [2.05, 4.69) is 20.8 Å². The Balaban J connectivity index is 4.78. The third-order valence-electron chi connectivity index (χ3n) is 3.21. The summed E-state index contributed by atoms with van der Waals surface area (Å²) in [4.78, 5) is 11.8. The number of hydrogen-bond acceptors (Lipinski definition) is 2. The summed E-state index contributed by atoms with van der Waals surface area (Å²) in [5, 5.41) is 0. The van der Waals surface area contributed by atoms with E-state index in [0.717, 1.165) is 5.57 Å². The molecule has 15 heavy (non-hydrogen) atoms. The molecular formula is C13H24O2. The summed E-state index contributed by atoms with van der Waals surface area (Å²) in [6, 6.07) is 0. The number of carbonyl (C=O) groups excluding carboxylic acids is 1. The molecule has 0 bridgehead atoms. The van der Waals surface area contributed by atoms with Gasteiger partial charge < -0.3 is 4.74 Å². The smallest absolute Gasteiger partial charge is 0.334 e. The minimum Gasteiger partial charge on any atom is -0.456 e. The standard InChI is InChI=1S/C13H24O2/c1-9(2)10(3)11(14)15-13(7,8)12(4,5)6/h1-8H3. The second-order valence-corrected chi connectivity index (χ2v) is 5.77. The van der Waals surface area contributed by atoms with Crippen molar-refractivity contribution in [3.63, 3.8) is 0 Å². The second kappa shape index (κ2) is 4.38. The highest BCUT2D eigenvalue weighted by molar-refractivity contribution is 5.88. The summed E-state index contributed by atoms with van der Waals surface area (Å²) >= 11 is 0. The van der Waals surface area contributed by atoms with Gasteiger partial charge >= 0.3 is 5.97 Å². The molecule has 88 valence electrons. The molecule has 2 heteroatoms. The Morgan fingerprint density at radius 3 is 1.60 bits per heavy atom.